The second-order valence-corrected chi connectivity index (χ2v) is 4.93. The predicted molar refractivity (Wildman–Crippen MR) is 73.1 cm³/mol. The molecule has 1 heterocycles. The van der Waals surface area contributed by atoms with Gasteiger partial charge in [0.2, 0.25) is 5.91 Å². The number of aryl methyl sites for hydroxylation is 1. The van der Waals surface area contributed by atoms with Crippen LogP contribution < -0.4 is 4.74 Å². The van der Waals surface area contributed by atoms with Crippen molar-refractivity contribution in [3.05, 3.63) is 29.8 Å². The molecule has 1 aliphatic heterocycles. The average molecular weight is 263 g/mol. The summed E-state index contributed by atoms with van der Waals surface area (Å²) in [6, 6.07) is 7.78. The second-order valence-electron chi connectivity index (χ2n) is 4.93. The van der Waals surface area contributed by atoms with Gasteiger partial charge in [0.15, 0.2) is 0 Å². The molecule has 4 nitrogen and oxygen atoms in total. The molecular formula is C15H21NO3. The number of aliphatic hydroxyl groups is 1. The Bertz CT molecular complexity index is 433. The van der Waals surface area contributed by atoms with Crippen molar-refractivity contribution in [2.24, 2.45) is 0 Å². The first kappa shape index (κ1) is 13.9. The summed E-state index contributed by atoms with van der Waals surface area (Å²) < 4.78 is 5.63. The molecule has 1 aromatic carbocycles. The number of para-hydroxylation sites is 1. The largest absolute Gasteiger partial charge is 0.493 e. The normalized spacial score (nSPS) is 18.6. The Balaban J connectivity index is 1.80. The van der Waals surface area contributed by atoms with Crippen LogP contribution in [0.25, 0.3) is 0 Å². The minimum absolute atomic E-state index is 0.00552. The summed E-state index contributed by atoms with van der Waals surface area (Å²) in [6.07, 6.45) is 2.25. The topological polar surface area (TPSA) is 49.8 Å². The Labute approximate surface area is 114 Å². The second kappa shape index (κ2) is 6.57. The summed E-state index contributed by atoms with van der Waals surface area (Å²) in [5.41, 5.74) is 1.07. The van der Waals surface area contributed by atoms with Crippen LogP contribution in [0.1, 0.15) is 24.8 Å². The van der Waals surface area contributed by atoms with Crippen molar-refractivity contribution in [1.82, 2.24) is 4.90 Å². The van der Waals surface area contributed by atoms with E-state index < -0.39 is 0 Å². The van der Waals surface area contributed by atoms with Crippen LogP contribution in [0.5, 0.6) is 5.75 Å². The summed E-state index contributed by atoms with van der Waals surface area (Å²) in [5, 5.41) is 9.20. The lowest BCUT2D eigenvalue weighted by atomic mass is 10.2. The molecule has 104 valence electrons. The number of ether oxygens (including phenoxy) is 1. The lowest BCUT2D eigenvalue weighted by molar-refractivity contribution is -0.133. The zero-order valence-electron chi connectivity index (χ0n) is 11.3. The highest BCUT2D eigenvalue weighted by molar-refractivity contribution is 5.77. The molecule has 1 amide bonds. The highest BCUT2D eigenvalue weighted by Crippen LogP contribution is 2.19. The maximum Gasteiger partial charge on any atom is 0.226 e. The molecule has 19 heavy (non-hydrogen) atoms. The third-order valence-corrected chi connectivity index (χ3v) is 3.58. The monoisotopic (exact) mass is 263 g/mol. The summed E-state index contributed by atoms with van der Waals surface area (Å²) in [7, 11) is 0. The first-order chi connectivity index (χ1) is 9.22. The third-order valence-electron chi connectivity index (χ3n) is 3.58. The molecule has 0 aromatic heterocycles. The number of carbonyl (C=O) groups excluding carboxylic acids is 1. The molecule has 1 aliphatic rings. The highest BCUT2D eigenvalue weighted by Gasteiger charge is 2.27. The van der Waals surface area contributed by atoms with E-state index >= 15 is 0 Å². The number of aliphatic hydroxyl groups excluding tert-OH is 1. The number of nitrogens with zero attached hydrogens (tertiary/aromatic N) is 1. The zero-order valence-corrected chi connectivity index (χ0v) is 11.3. The quantitative estimate of drug-likeness (QED) is 0.880. The molecule has 1 aromatic rings. The van der Waals surface area contributed by atoms with Gasteiger partial charge in [-0.25, -0.2) is 0 Å². The van der Waals surface area contributed by atoms with Gasteiger partial charge in [0.25, 0.3) is 0 Å². The molecule has 1 atom stereocenters. The van der Waals surface area contributed by atoms with Crippen LogP contribution in [-0.2, 0) is 4.79 Å². The minimum Gasteiger partial charge on any atom is -0.493 e. The van der Waals surface area contributed by atoms with Crippen molar-refractivity contribution in [2.45, 2.75) is 32.2 Å². The molecule has 1 saturated heterocycles. The molecule has 0 unspecified atom stereocenters. The van der Waals surface area contributed by atoms with Crippen LogP contribution in [0.2, 0.25) is 0 Å². The molecule has 2 rings (SSSR count). The highest BCUT2D eigenvalue weighted by atomic mass is 16.5. The van der Waals surface area contributed by atoms with Crippen LogP contribution in [-0.4, -0.2) is 41.7 Å². The fourth-order valence-corrected chi connectivity index (χ4v) is 2.46. The van der Waals surface area contributed by atoms with Crippen molar-refractivity contribution in [1.29, 1.82) is 0 Å². The van der Waals surface area contributed by atoms with Crippen molar-refractivity contribution < 1.29 is 14.6 Å². The maximum atomic E-state index is 12.0. The van der Waals surface area contributed by atoms with Gasteiger partial charge in [0.1, 0.15) is 5.75 Å². The van der Waals surface area contributed by atoms with Gasteiger partial charge < -0.3 is 14.7 Å². The molecule has 0 radical (unpaired) electrons. The average Bonchev–Trinajstić information content (AvgIpc) is 2.89. The van der Waals surface area contributed by atoms with Crippen molar-refractivity contribution in [3.63, 3.8) is 0 Å². The van der Waals surface area contributed by atoms with E-state index in [1.54, 1.807) is 4.90 Å². The lowest BCUT2D eigenvalue weighted by Crippen LogP contribution is -2.38. The van der Waals surface area contributed by atoms with Gasteiger partial charge in [0.05, 0.1) is 25.7 Å². The van der Waals surface area contributed by atoms with Crippen LogP contribution in [0, 0.1) is 6.92 Å². The number of likely N-dealkylation sites (tertiary alicyclic amines) is 1. The smallest absolute Gasteiger partial charge is 0.226 e. The lowest BCUT2D eigenvalue weighted by Gasteiger charge is -2.23. The number of hydrogen-bond donors (Lipinski definition) is 1. The van der Waals surface area contributed by atoms with Gasteiger partial charge in [-0.15, -0.1) is 0 Å². The molecule has 0 bridgehead atoms. The maximum absolute atomic E-state index is 12.0. The van der Waals surface area contributed by atoms with E-state index in [0.29, 0.717) is 13.0 Å². The van der Waals surface area contributed by atoms with E-state index in [0.717, 1.165) is 30.7 Å². The molecule has 0 aliphatic carbocycles. The van der Waals surface area contributed by atoms with E-state index in [1.807, 2.05) is 31.2 Å². The van der Waals surface area contributed by atoms with Crippen LogP contribution in [0.4, 0.5) is 0 Å². The van der Waals surface area contributed by atoms with Crippen molar-refractivity contribution in [3.8, 4) is 5.75 Å². The Morgan fingerprint density at radius 1 is 1.47 bits per heavy atom. The van der Waals surface area contributed by atoms with Gasteiger partial charge in [-0.1, -0.05) is 18.2 Å². The van der Waals surface area contributed by atoms with E-state index in [2.05, 4.69) is 0 Å². The fourth-order valence-electron chi connectivity index (χ4n) is 2.46. The summed E-state index contributed by atoms with van der Waals surface area (Å²) >= 11 is 0. The predicted octanol–water partition coefficient (Wildman–Crippen LogP) is 1.75. The third kappa shape index (κ3) is 3.47. The van der Waals surface area contributed by atoms with Crippen molar-refractivity contribution in [2.75, 3.05) is 19.8 Å². The summed E-state index contributed by atoms with van der Waals surface area (Å²) in [6.45, 7) is 3.19. The Kier molecular flexibility index (Phi) is 4.80. The number of amides is 1. The van der Waals surface area contributed by atoms with E-state index in [-0.39, 0.29) is 18.6 Å². The van der Waals surface area contributed by atoms with Crippen LogP contribution in [0.15, 0.2) is 24.3 Å². The molecule has 1 N–H and O–H groups in total. The number of hydrogen-bond acceptors (Lipinski definition) is 3. The molecule has 0 saturated carbocycles. The first-order valence-corrected chi connectivity index (χ1v) is 6.81. The number of carbonyl (C=O) groups is 1. The van der Waals surface area contributed by atoms with Crippen LogP contribution >= 0.6 is 0 Å². The van der Waals surface area contributed by atoms with Gasteiger partial charge in [-0.3, -0.25) is 4.79 Å². The molecular weight excluding hydrogens is 242 g/mol. The zero-order chi connectivity index (χ0) is 13.7. The van der Waals surface area contributed by atoms with Crippen LogP contribution in [0.3, 0.4) is 0 Å². The Morgan fingerprint density at radius 3 is 3.00 bits per heavy atom. The van der Waals surface area contributed by atoms with E-state index in [4.69, 9.17) is 4.74 Å². The Morgan fingerprint density at radius 2 is 2.26 bits per heavy atom. The van der Waals surface area contributed by atoms with Gasteiger partial charge in [-0.2, -0.15) is 0 Å². The molecule has 0 spiro atoms. The van der Waals surface area contributed by atoms with Gasteiger partial charge >= 0.3 is 0 Å². The van der Waals surface area contributed by atoms with Gasteiger partial charge in [0, 0.05) is 6.54 Å². The minimum atomic E-state index is 0.00552. The summed E-state index contributed by atoms with van der Waals surface area (Å²) in [5.74, 6) is 0.903. The Hall–Kier alpha value is -1.55. The van der Waals surface area contributed by atoms with Gasteiger partial charge in [-0.05, 0) is 31.4 Å². The van der Waals surface area contributed by atoms with Crippen molar-refractivity contribution >= 4 is 5.91 Å². The fraction of sp³-hybridized carbons (Fsp3) is 0.533. The SMILES string of the molecule is Cc1ccccc1OCCC(=O)N1CCC[C@@H]1CO. The van der Waals surface area contributed by atoms with E-state index in [1.165, 1.54) is 0 Å². The number of rotatable bonds is 5. The standard InChI is InChI=1S/C15H21NO3/c1-12-5-2-3-7-14(12)19-10-8-15(18)16-9-4-6-13(16)11-17/h2-3,5,7,13,17H,4,6,8-11H2,1H3/t13-/m1/s1. The first-order valence-electron chi connectivity index (χ1n) is 6.81. The molecule has 1 fully saturated rings. The number of benzene rings is 1. The van der Waals surface area contributed by atoms with E-state index in [9.17, 15) is 9.90 Å². The summed E-state index contributed by atoms with van der Waals surface area (Å²) in [4.78, 5) is 13.8. The molecule has 4 heteroatoms.